The topological polar surface area (TPSA) is 64.6 Å². The quantitative estimate of drug-likeness (QED) is 0.504. The molecule has 0 radical (unpaired) electrons. The summed E-state index contributed by atoms with van der Waals surface area (Å²) in [5.41, 5.74) is 0.779. The monoisotopic (exact) mass is 453 g/mol. The van der Waals surface area contributed by atoms with Gasteiger partial charge in [0.05, 0.1) is 13.2 Å². The molecular weight excluding hydrogens is 436 g/mol. The molecule has 0 aromatic heterocycles. The highest BCUT2D eigenvalue weighted by atomic mass is 79.9. The van der Waals surface area contributed by atoms with Crippen LogP contribution in [0.4, 0.5) is 8.78 Å². The predicted octanol–water partition coefficient (Wildman–Crippen LogP) is 4.17. The van der Waals surface area contributed by atoms with E-state index in [1.54, 1.807) is 18.2 Å². The molecule has 2 aromatic rings. The van der Waals surface area contributed by atoms with Crippen LogP contribution in [0.1, 0.15) is 24.1 Å². The Hall–Kier alpha value is -2.74. The zero-order valence-corrected chi connectivity index (χ0v) is 16.8. The lowest BCUT2D eigenvalue weighted by atomic mass is 10.1. The van der Waals surface area contributed by atoms with Crippen LogP contribution in [0.3, 0.4) is 0 Å². The van der Waals surface area contributed by atoms with Crippen molar-refractivity contribution in [3.8, 4) is 5.75 Å². The molecule has 2 rings (SSSR count). The third kappa shape index (κ3) is 6.16. The average Bonchev–Trinajstić information content (AvgIpc) is 2.64. The molecule has 1 amide bonds. The first-order valence-corrected chi connectivity index (χ1v) is 9.02. The summed E-state index contributed by atoms with van der Waals surface area (Å²) in [5.74, 6) is -2.24. The van der Waals surface area contributed by atoms with E-state index in [4.69, 9.17) is 9.47 Å². The van der Waals surface area contributed by atoms with E-state index in [2.05, 4.69) is 21.2 Å². The number of hydrogen-bond acceptors (Lipinski definition) is 4. The molecule has 0 fully saturated rings. The maximum Gasteiger partial charge on any atom is 0.331 e. The number of ether oxygens (including phenoxy) is 2. The predicted molar refractivity (Wildman–Crippen MR) is 104 cm³/mol. The smallest absolute Gasteiger partial charge is 0.331 e. The fourth-order valence-corrected chi connectivity index (χ4v) is 2.77. The van der Waals surface area contributed by atoms with Gasteiger partial charge in [-0.15, -0.1) is 0 Å². The Balaban J connectivity index is 1.88. The Labute approximate surface area is 169 Å². The van der Waals surface area contributed by atoms with Gasteiger partial charge in [0.25, 0.3) is 5.91 Å². The second-order valence-electron chi connectivity index (χ2n) is 5.78. The summed E-state index contributed by atoms with van der Waals surface area (Å²) >= 11 is 3.33. The molecule has 1 atom stereocenters. The fraction of sp³-hybridized carbons (Fsp3) is 0.200. The van der Waals surface area contributed by atoms with E-state index < -0.39 is 36.2 Å². The van der Waals surface area contributed by atoms with Crippen LogP contribution in [-0.2, 0) is 14.3 Å². The van der Waals surface area contributed by atoms with Crippen molar-refractivity contribution in [3.05, 3.63) is 69.7 Å². The standard InChI is InChI=1S/C20H18BrF2NO4/c1-12(16-6-5-15(22)10-17(16)23)24-19(25)11-28-20(26)8-3-13-9-14(21)4-7-18(13)27-2/h3-10,12H,11H2,1-2H3,(H,24,25)/b8-3+. The summed E-state index contributed by atoms with van der Waals surface area (Å²) < 4.78 is 37.5. The van der Waals surface area contributed by atoms with E-state index >= 15 is 0 Å². The van der Waals surface area contributed by atoms with Crippen LogP contribution >= 0.6 is 15.9 Å². The Morgan fingerprint density at radius 2 is 1.96 bits per heavy atom. The van der Waals surface area contributed by atoms with E-state index in [9.17, 15) is 18.4 Å². The lowest BCUT2D eigenvalue weighted by Crippen LogP contribution is -2.31. The Morgan fingerprint density at radius 1 is 1.21 bits per heavy atom. The minimum absolute atomic E-state index is 0.128. The molecule has 0 aliphatic carbocycles. The molecule has 1 unspecified atom stereocenters. The highest BCUT2D eigenvalue weighted by molar-refractivity contribution is 9.10. The first-order valence-electron chi connectivity index (χ1n) is 8.23. The van der Waals surface area contributed by atoms with Gasteiger partial charge >= 0.3 is 5.97 Å². The van der Waals surface area contributed by atoms with Gasteiger partial charge in [-0.05, 0) is 37.3 Å². The van der Waals surface area contributed by atoms with Gasteiger partial charge in [0, 0.05) is 27.7 Å². The summed E-state index contributed by atoms with van der Waals surface area (Å²) in [6, 6.07) is 7.65. The van der Waals surface area contributed by atoms with Crippen LogP contribution in [0.15, 0.2) is 46.9 Å². The van der Waals surface area contributed by atoms with E-state index in [0.717, 1.165) is 16.6 Å². The zero-order chi connectivity index (χ0) is 20.7. The minimum atomic E-state index is -0.768. The summed E-state index contributed by atoms with van der Waals surface area (Å²) in [5, 5.41) is 2.48. The van der Waals surface area contributed by atoms with Gasteiger partial charge in [-0.3, -0.25) is 4.79 Å². The number of carbonyl (C=O) groups excluding carboxylic acids is 2. The van der Waals surface area contributed by atoms with Crippen LogP contribution in [-0.4, -0.2) is 25.6 Å². The molecular formula is C20H18BrF2NO4. The maximum atomic E-state index is 13.7. The highest BCUT2D eigenvalue weighted by Crippen LogP contribution is 2.24. The lowest BCUT2D eigenvalue weighted by molar-refractivity contribution is -0.144. The number of methoxy groups -OCH3 is 1. The SMILES string of the molecule is COc1ccc(Br)cc1/C=C/C(=O)OCC(=O)NC(C)c1ccc(F)cc1F. The van der Waals surface area contributed by atoms with Crippen molar-refractivity contribution in [1.82, 2.24) is 5.32 Å². The number of benzene rings is 2. The van der Waals surface area contributed by atoms with Gasteiger partial charge in [0.1, 0.15) is 17.4 Å². The van der Waals surface area contributed by atoms with E-state index in [1.165, 1.54) is 32.3 Å². The number of halogens is 3. The third-order valence-electron chi connectivity index (χ3n) is 3.74. The first kappa shape index (κ1) is 21.6. The van der Waals surface area contributed by atoms with Crippen LogP contribution in [0.25, 0.3) is 6.08 Å². The second-order valence-corrected chi connectivity index (χ2v) is 6.70. The molecule has 0 heterocycles. The van der Waals surface area contributed by atoms with Gasteiger partial charge in [-0.1, -0.05) is 22.0 Å². The molecule has 0 aliphatic rings. The molecule has 5 nitrogen and oxygen atoms in total. The normalized spacial score (nSPS) is 11.9. The van der Waals surface area contributed by atoms with Crippen molar-refractivity contribution in [2.45, 2.75) is 13.0 Å². The summed E-state index contributed by atoms with van der Waals surface area (Å²) in [6.45, 7) is 1.00. The van der Waals surface area contributed by atoms with Crippen LogP contribution in [0.2, 0.25) is 0 Å². The number of rotatable bonds is 7. The average molecular weight is 454 g/mol. The highest BCUT2D eigenvalue weighted by Gasteiger charge is 2.15. The molecule has 0 bridgehead atoms. The van der Waals surface area contributed by atoms with Crippen LogP contribution in [0, 0.1) is 11.6 Å². The number of carbonyl (C=O) groups is 2. The van der Waals surface area contributed by atoms with E-state index in [1.807, 2.05) is 0 Å². The largest absolute Gasteiger partial charge is 0.496 e. The summed E-state index contributed by atoms with van der Waals surface area (Å²) in [4.78, 5) is 23.7. The van der Waals surface area contributed by atoms with Crippen molar-refractivity contribution >= 4 is 33.9 Å². The molecule has 0 aliphatic heterocycles. The van der Waals surface area contributed by atoms with Gasteiger partial charge in [-0.25, -0.2) is 13.6 Å². The van der Waals surface area contributed by atoms with E-state index in [-0.39, 0.29) is 5.56 Å². The Morgan fingerprint density at radius 3 is 2.64 bits per heavy atom. The number of nitrogens with one attached hydrogen (secondary N) is 1. The first-order chi connectivity index (χ1) is 13.3. The molecule has 0 saturated heterocycles. The molecule has 8 heteroatoms. The van der Waals surface area contributed by atoms with Gasteiger partial charge < -0.3 is 14.8 Å². The van der Waals surface area contributed by atoms with Crippen LogP contribution in [0.5, 0.6) is 5.75 Å². The molecule has 0 saturated carbocycles. The Kier molecular flexibility index (Phi) is 7.69. The summed E-state index contributed by atoms with van der Waals surface area (Å²) in [7, 11) is 1.51. The van der Waals surface area contributed by atoms with Crippen molar-refractivity contribution in [3.63, 3.8) is 0 Å². The van der Waals surface area contributed by atoms with Crippen molar-refractivity contribution < 1.29 is 27.8 Å². The third-order valence-corrected chi connectivity index (χ3v) is 4.24. The summed E-state index contributed by atoms with van der Waals surface area (Å²) in [6.07, 6.45) is 2.67. The molecule has 28 heavy (non-hydrogen) atoms. The Bertz CT molecular complexity index is 902. The molecule has 2 aromatic carbocycles. The number of hydrogen-bond donors (Lipinski definition) is 1. The van der Waals surface area contributed by atoms with Crippen molar-refractivity contribution in [2.24, 2.45) is 0 Å². The van der Waals surface area contributed by atoms with Crippen molar-refractivity contribution in [2.75, 3.05) is 13.7 Å². The molecule has 0 spiro atoms. The van der Waals surface area contributed by atoms with Gasteiger partial charge in [-0.2, -0.15) is 0 Å². The van der Waals surface area contributed by atoms with Gasteiger partial charge in [0.2, 0.25) is 0 Å². The molecule has 148 valence electrons. The minimum Gasteiger partial charge on any atom is -0.496 e. The van der Waals surface area contributed by atoms with E-state index in [0.29, 0.717) is 11.3 Å². The maximum absolute atomic E-state index is 13.7. The number of amides is 1. The molecule has 1 N–H and O–H groups in total. The lowest BCUT2D eigenvalue weighted by Gasteiger charge is -2.15. The van der Waals surface area contributed by atoms with Crippen LogP contribution < -0.4 is 10.1 Å². The van der Waals surface area contributed by atoms with Gasteiger partial charge in [0.15, 0.2) is 6.61 Å². The zero-order valence-electron chi connectivity index (χ0n) is 15.2. The fourth-order valence-electron chi connectivity index (χ4n) is 2.39. The second kappa shape index (κ2) is 9.98. The number of esters is 1. The van der Waals surface area contributed by atoms with Crippen molar-refractivity contribution in [1.29, 1.82) is 0 Å².